The van der Waals surface area contributed by atoms with Gasteiger partial charge in [-0.15, -0.1) is 0 Å². The van der Waals surface area contributed by atoms with E-state index in [1.165, 1.54) is 35.9 Å². The van der Waals surface area contributed by atoms with Crippen LogP contribution in [0.2, 0.25) is 0 Å². The van der Waals surface area contributed by atoms with Gasteiger partial charge in [0.15, 0.2) is 0 Å². The van der Waals surface area contributed by atoms with Gasteiger partial charge in [0.1, 0.15) is 5.75 Å². The minimum atomic E-state index is -0.764. The van der Waals surface area contributed by atoms with Crippen molar-refractivity contribution in [2.75, 3.05) is 0 Å². The normalized spacial score (nSPS) is 41.8. The van der Waals surface area contributed by atoms with Crippen molar-refractivity contribution in [2.45, 2.75) is 142 Å². The van der Waals surface area contributed by atoms with Crippen LogP contribution in [0.1, 0.15) is 135 Å². The zero-order valence-electron chi connectivity index (χ0n) is 29.4. The molecule has 4 aliphatic carbocycles. The van der Waals surface area contributed by atoms with E-state index in [4.69, 9.17) is 9.47 Å². The summed E-state index contributed by atoms with van der Waals surface area (Å²) in [6.07, 6.45) is 10.4. The third kappa shape index (κ3) is 3.20. The largest absolute Gasteiger partial charge is 0.505 e. The van der Waals surface area contributed by atoms with Gasteiger partial charge in [0, 0.05) is 33.4 Å². The summed E-state index contributed by atoms with van der Waals surface area (Å²) in [5, 5.41) is 26.5. The lowest BCUT2D eigenvalue weighted by molar-refractivity contribution is -0.218. The summed E-state index contributed by atoms with van der Waals surface area (Å²) < 4.78 is 15.7. The summed E-state index contributed by atoms with van der Waals surface area (Å²) in [4.78, 5) is 0. The number of hydrogen-bond acceptors (Lipinski definition) is 4. The van der Waals surface area contributed by atoms with Crippen LogP contribution < -0.4 is 0 Å². The summed E-state index contributed by atoms with van der Waals surface area (Å²) in [7, 11) is 0. The van der Waals surface area contributed by atoms with Crippen LogP contribution in [0.4, 0.5) is 0 Å². The van der Waals surface area contributed by atoms with Gasteiger partial charge < -0.3 is 24.1 Å². The highest BCUT2D eigenvalue weighted by molar-refractivity contribution is 6.11. The second-order valence-corrected chi connectivity index (χ2v) is 18.2. The van der Waals surface area contributed by atoms with Gasteiger partial charge >= 0.3 is 0 Å². The van der Waals surface area contributed by atoms with Gasteiger partial charge in [-0.3, -0.25) is 0 Å². The molecule has 0 radical (unpaired) electrons. The highest BCUT2D eigenvalue weighted by atomic mass is 16.5. The van der Waals surface area contributed by atoms with Gasteiger partial charge in [-0.1, -0.05) is 27.4 Å². The summed E-state index contributed by atoms with van der Waals surface area (Å²) in [6, 6.07) is 2.39. The number of hydrogen-bond donors (Lipinski definition) is 2. The van der Waals surface area contributed by atoms with Gasteiger partial charge in [-0.05, 0) is 144 Å². The van der Waals surface area contributed by atoms with E-state index in [2.05, 4.69) is 78.5 Å². The highest BCUT2D eigenvalue weighted by Gasteiger charge is 2.68. The average molecular weight is 624 g/mol. The van der Waals surface area contributed by atoms with Crippen LogP contribution in [-0.2, 0) is 21.3 Å². The Labute approximate surface area is 274 Å². The zero-order chi connectivity index (χ0) is 32.7. The number of aromatic nitrogens is 1. The van der Waals surface area contributed by atoms with E-state index in [0.717, 1.165) is 64.6 Å². The lowest BCUT2D eigenvalue weighted by atomic mass is 9.40. The van der Waals surface area contributed by atoms with Crippen molar-refractivity contribution in [3.8, 4) is 5.75 Å². The zero-order valence-corrected chi connectivity index (χ0v) is 29.4. The van der Waals surface area contributed by atoms with Gasteiger partial charge in [0.05, 0.1) is 40.7 Å². The number of aliphatic hydroxyl groups excluding tert-OH is 1. The number of aromatic hydroxyl groups is 1. The molecule has 0 bridgehead atoms. The van der Waals surface area contributed by atoms with Crippen LogP contribution in [0.15, 0.2) is 18.7 Å². The molecule has 3 fully saturated rings. The van der Waals surface area contributed by atoms with Crippen molar-refractivity contribution in [3.05, 3.63) is 46.8 Å². The highest BCUT2D eigenvalue weighted by Crippen LogP contribution is 2.72. The van der Waals surface area contributed by atoms with Crippen molar-refractivity contribution in [2.24, 2.45) is 28.6 Å². The van der Waals surface area contributed by atoms with Crippen molar-refractivity contribution >= 4 is 27.4 Å². The number of aliphatic hydroxyl groups is 1. The summed E-state index contributed by atoms with van der Waals surface area (Å²) in [6.45, 7) is 24.9. The molecule has 5 nitrogen and oxygen atoms in total. The predicted molar refractivity (Wildman–Crippen MR) is 184 cm³/mol. The third-order valence-corrected chi connectivity index (χ3v) is 15.0. The lowest BCUT2D eigenvalue weighted by Gasteiger charge is -2.66. The summed E-state index contributed by atoms with van der Waals surface area (Å²) in [5.41, 5.74) is 7.96. The molecule has 46 heavy (non-hydrogen) atoms. The third-order valence-electron chi connectivity index (χ3n) is 15.0. The molecule has 2 N–H and O–H groups in total. The van der Waals surface area contributed by atoms with Crippen molar-refractivity contribution in [1.29, 1.82) is 0 Å². The monoisotopic (exact) mass is 623 g/mol. The van der Waals surface area contributed by atoms with Gasteiger partial charge in [-0.25, -0.2) is 0 Å². The topological polar surface area (TPSA) is 63.3 Å². The Hall–Kier alpha value is -2.34. The Bertz CT molecular complexity index is 1890. The fraction of sp³-hybridized carbons (Fsp3) is 0.659. The second-order valence-electron chi connectivity index (χ2n) is 18.2. The van der Waals surface area contributed by atoms with E-state index in [0.29, 0.717) is 24.0 Å². The number of fused-ring (bicyclic) bond motifs is 13. The first kappa shape index (κ1) is 29.8. The van der Waals surface area contributed by atoms with Crippen LogP contribution in [0.3, 0.4) is 0 Å². The SMILES string of the molecule is C=C(C)c1c(O)c2c3c(cc4c5c(n1c42)C1(C)C(CCC2[C@]4(C)CCC(C)O[C@H]4CC[C@@]21C)C5)C1=CC(C)(C)OC(C)(C)C1[C@@H]3O. The van der Waals surface area contributed by atoms with Crippen LogP contribution >= 0.6 is 0 Å². The van der Waals surface area contributed by atoms with Crippen molar-refractivity contribution in [3.63, 3.8) is 0 Å². The van der Waals surface area contributed by atoms with Crippen LogP contribution in [0, 0.1) is 28.6 Å². The van der Waals surface area contributed by atoms with Crippen molar-refractivity contribution < 1.29 is 19.7 Å². The standard InChI is InChI=1S/C41H53NO4/c1-20(2)32-35(44)30-29-23(26-19-37(4,5)46-38(6,7)31(26)34(29)43)18-24-25-17-22-11-12-27-39(8)15-13-21(3)45-28(39)14-16-40(27,9)41(22,10)36(25)42(32)33(24)30/h18-19,21-22,27-28,31,34,43-44H,1,11-17H2,2-10H3/t21?,22?,27?,28-,31?,34+,39-,40-,41?/m0/s1. The number of ether oxygens (including phenoxy) is 2. The maximum Gasteiger partial charge on any atom is 0.149 e. The molecule has 6 aliphatic rings. The maximum atomic E-state index is 12.3. The molecule has 4 heterocycles. The molecule has 9 rings (SSSR count). The quantitative estimate of drug-likeness (QED) is 0.284. The van der Waals surface area contributed by atoms with E-state index >= 15 is 0 Å². The minimum absolute atomic E-state index is 0.0581. The fourth-order valence-corrected chi connectivity index (χ4v) is 13.2. The average Bonchev–Trinajstić information content (AvgIpc) is 3.62. The first-order valence-electron chi connectivity index (χ1n) is 18.1. The molecular formula is C41H53NO4. The number of allylic oxidation sites excluding steroid dienone is 1. The summed E-state index contributed by atoms with van der Waals surface area (Å²) >= 11 is 0. The Morgan fingerprint density at radius 3 is 2.48 bits per heavy atom. The molecule has 0 spiro atoms. The van der Waals surface area contributed by atoms with Crippen molar-refractivity contribution in [1.82, 2.24) is 4.40 Å². The van der Waals surface area contributed by atoms with Crippen LogP contribution in [-0.4, -0.2) is 38.0 Å². The van der Waals surface area contributed by atoms with Crippen LogP contribution in [0.5, 0.6) is 5.75 Å². The Morgan fingerprint density at radius 2 is 1.76 bits per heavy atom. The minimum Gasteiger partial charge on any atom is -0.505 e. The molecule has 0 amide bonds. The second kappa shape index (κ2) is 8.62. The number of rotatable bonds is 1. The first-order valence-corrected chi connectivity index (χ1v) is 18.1. The first-order chi connectivity index (χ1) is 21.5. The molecule has 246 valence electrons. The van der Waals surface area contributed by atoms with E-state index in [1.807, 2.05) is 6.92 Å². The summed E-state index contributed by atoms with van der Waals surface area (Å²) in [5.74, 6) is 1.22. The molecule has 2 aliphatic heterocycles. The molecule has 2 saturated carbocycles. The lowest BCUT2D eigenvalue weighted by Crippen LogP contribution is -2.64. The number of benzene rings is 1. The molecule has 1 aromatic carbocycles. The Kier molecular flexibility index (Phi) is 5.58. The van der Waals surface area contributed by atoms with E-state index in [-0.39, 0.29) is 27.9 Å². The molecule has 3 aromatic rings. The molecule has 5 unspecified atom stereocenters. The molecule has 1 saturated heterocycles. The fourth-order valence-electron chi connectivity index (χ4n) is 13.2. The van der Waals surface area contributed by atoms with E-state index in [1.54, 1.807) is 0 Å². The molecule has 9 atom stereocenters. The molecular weight excluding hydrogens is 570 g/mol. The molecule has 2 aromatic heterocycles. The molecule has 5 heteroatoms. The Balaban J connectivity index is 1.33. The maximum absolute atomic E-state index is 12.3. The van der Waals surface area contributed by atoms with E-state index < -0.39 is 17.3 Å². The van der Waals surface area contributed by atoms with Crippen LogP contribution in [0.25, 0.3) is 27.4 Å². The van der Waals surface area contributed by atoms with E-state index in [9.17, 15) is 10.2 Å². The Morgan fingerprint density at radius 1 is 1.02 bits per heavy atom. The smallest absolute Gasteiger partial charge is 0.149 e. The van der Waals surface area contributed by atoms with Gasteiger partial charge in [0.2, 0.25) is 0 Å². The predicted octanol–water partition coefficient (Wildman–Crippen LogP) is 9.12. The number of nitrogens with zero attached hydrogens (tertiary/aromatic N) is 1. The van der Waals surface area contributed by atoms with Gasteiger partial charge in [-0.2, -0.15) is 0 Å². The van der Waals surface area contributed by atoms with Gasteiger partial charge in [0.25, 0.3) is 0 Å².